The fraction of sp³-hybridized carbons (Fsp3) is 0.583. The predicted octanol–water partition coefficient (Wildman–Crippen LogP) is -0.285. The van der Waals surface area contributed by atoms with E-state index in [2.05, 4.69) is 4.98 Å². The molecule has 1 aromatic heterocycles. The van der Waals surface area contributed by atoms with Gasteiger partial charge in [0.2, 0.25) is 5.91 Å². The number of hydrogen-bond acceptors (Lipinski definition) is 5. The number of carbonyl (C=O) groups is 2. The molecule has 0 saturated carbocycles. The molecule has 3 heterocycles. The van der Waals surface area contributed by atoms with E-state index >= 15 is 0 Å². The van der Waals surface area contributed by atoms with E-state index < -0.39 is 10.8 Å². The third-order valence-corrected chi connectivity index (χ3v) is 5.45. The van der Waals surface area contributed by atoms with Crippen molar-refractivity contribution in [1.82, 2.24) is 14.5 Å². The maximum absolute atomic E-state index is 12.1. The zero-order valence-corrected chi connectivity index (χ0v) is 12.5. The number of aryl methyl sites for hydroxylation is 1. The Morgan fingerprint density at radius 2 is 2.45 bits per heavy atom. The second kappa shape index (κ2) is 4.54. The summed E-state index contributed by atoms with van der Waals surface area (Å²) in [5.41, 5.74) is 0.936. The van der Waals surface area contributed by atoms with Crippen LogP contribution in [0.15, 0.2) is 12.5 Å². The molecular formula is C12H16BN3O3S. The van der Waals surface area contributed by atoms with Crippen molar-refractivity contribution in [2.75, 3.05) is 0 Å². The SMILES string of the molecule is BOC(=O)[C@@H]1N2C(=O)CC2S[C@@]1(C)Cn1cnc(C)c1. The van der Waals surface area contributed by atoms with Crippen LogP contribution in [0.4, 0.5) is 0 Å². The molecule has 0 spiro atoms. The Bertz CT molecular complexity index is 578. The van der Waals surface area contributed by atoms with Gasteiger partial charge < -0.3 is 14.1 Å². The van der Waals surface area contributed by atoms with Gasteiger partial charge in [-0.25, -0.2) is 4.98 Å². The molecule has 2 aliphatic heterocycles. The minimum absolute atomic E-state index is 0.0310. The number of amides is 1. The second-order valence-electron chi connectivity index (χ2n) is 5.50. The van der Waals surface area contributed by atoms with Crippen LogP contribution in [-0.4, -0.2) is 50.5 Å². The van der Waals surface area contributed by atoms with Crippen molar-refractivity contribution >= 4 is 31.7 Å². The first-order valence-corrected chi connectivity index (χ1v) is 7.38. The second-order valence-corrected chi connectivity index (χ2v) is 7.22. The summed E-state index contributed by atoms with van der Waals surface area (Å²) in [4.78, 5) is 29.8. The number of β-lactam (4-membered cyclic amide) rings is 1. The summed E-state index contributed by atoms with van der Waals surface area (Å²) in [7, 11) is 1.37. The zero-order valence-electron chi connectivity index (χ0n) is 11.7. The molecule has 1 unspecified atom stereocenters. The fourth-order valence-corrected chi connectivity index (χ4v) is 4.76. The zero-order chi connectivity index (χ0) is 14.5. The highest BCUT2D eigenvalue weighted by Crippen LogP contribution is 2.51. The maximum Gasteiger partial charge on any atom is 0.326 e. The Morgan fingerprint density at radius 3 is 3.00 bits per heavy atom. The van der Waals surface area contributed by atoms with E-state index in [0.29, 0.717) is 13.0 Å². The summed E-state index contributed by atoms with van der Waals surface area (Å²) in [6.45, 7) is 4.56. The molecule has 0 bridgehead atoms. The lowest BCUT2D eigenvalue weighted by Crippen LogP contribution is -2.58. The van der Waals surface area contributed by atoms with Crippen LogP contribution in [0, 0.1) is 6.92 Å². The number of hydrogen-bond donors (Lipinski definition) is 0. The molecule has 106 valence electrons. The van der Waals surface area contributed by atoms with Crippen LogP contribution < -0.4 is 0 Å². The molecule has 2 fully saturated rings. The van der Waals surface area contributed by atoms with Crippen LogP contribution in [0.5, 0.6) is 0 Å². The Labute approximate surface area is 122 Å². The van der Waals surface area contributed by atoms with E-state index in [0.717, 1.165) is 5.69 Å². The van der Waals surface area contributed by atoms with Gasteiger partial charge in [-0.05, 0) is 13.8 Å². The van der Waals surface area contributed by atoms with Crippen LogP contribution in [0.25, 0.3) is 0 Å². The average Bonchev–Trinajstić information content (AvgIpc) is 2.88. The lowest BCUT2D eigenvalue weighted by Gasteiger charge is -2.37. The van der Waals surface area contributed by atoms with Crippen LogP contribution in [0.2, 0.25) is 0 Å². The van der Waals surface area contributed by atoms with E-state index in [-0.39, 0.29) is 17.3 Å². The number of carbonyl (C=O) groups excluding carboxylic acids is 2. The molecule has 3 atom stereocenters. The number of rotatable bonds is 3. The van der Waals surface area contributed by atoms with Crippen molar-refractivity contribution in [3.8, 4) is 0 Å². The monoisotopic (exact) mass is 293 g/mol. The topological polar surface area (TPSA) is 64.4 Å². The van der Waals surface area contributed by atoms with Gasteiger partial charge in [-0.1, -0.05) is 0 Å². The lowest BCUT2D eigenvalue weighted by molar-refractivity contribution is -0.155. The third kappa shape index (κ3) is 1.93. The van der Waals surface area contributed by atoms with Gasteiger partial charge in [-0.15, -0.1) is 11.8 Å². The van der Waals surface area contributed by atoms with Crippen molar-refractivity contribution in [3.63, 3.8) is 0 Å². The van der Waals surface area contributed by atoms with Gasteiger partial charge in [-0.3, -0.25) is 9.59 Å². The van der Waals surface area contributed by atoms with E-state index in [1.807, 2.05) is 24.6 Å². The summed E-state index contributed by atoms with van der Waals surface area (Å²) < 4.78 is 6.48. The van der Waals surface area contributed by atoms with Crippen LogP contribution in [-0.2, 0) is 20.8 Å². The molecule has 0 aliphatic carbocycles. The minimum atomic E-state index is -0.522. The van der Waals surface area contributed by atoms with Crippen molar-refractivity contribution < 1.29 is 14.2 Å². The van der Waals surface area contributed by atoms with Gasteiger partial charge in [0.1, 0.15) is 6.04 Å². The number of fused-ring (bicyclic) bond motifs is 1. The molecular weight excluding hydrogens is 277 g/mol. The predicted molar refractivity (Wildman–Crippen MR) is 76.6 cm³/mol. The molecule has 8 heteroatoms. The van der Waals surface area contributed by atoms with Gasteiger partial charge in [0, 0.05) is 12.7 Å². The first-order valence-electron chi connectivity index (χ1n) is 6.50. The summed E-state index contributed by atoms with van der Waals surface area (Å²) in [6, 6.07) is -0.522. The normalized spacial score (nSPS) is 31.9. The van der Waals surface area contributed by atoms with Crippen LogP contribution >= 0.6 is 11.8 Å². The van der Waals surface area contributed by atoms with Gasteiger partial charge in [0.25, 0.3) is 0 Å². The van der Waals surface area contributed by atoms with Crippen molar-refractivity contribution in [2.24, 2.45) is 0 Å². The highest BCUT2D eigenvalue weighted by atomic mass is 32.2. The average molecular weight is 293 g/mol. The van der Waals surface area contributed by atoms with E-state index in [4.69, 9.17) is 4.65 Å². The van der Waals surface area contributed by atoms with Gasteiger partial charge in [0.05, 0.1) is 28.6 Å². The van der Waals surface area contributed by atoms with Crippen molar-refractivity contribution in [3.05, 3.63) is 18.2 Å². The minimum Gasteiger partial charge on any atom is -0.542 e. The molecule has 20 heavy (non-hydrogen) atoms. The summed E-state index contributed by atoms with van der Waals surface area (Å²) in [5, 5.41) is 0.0984. The lowest BCUT2D eigenvalue weighted by atomic mass is 9.96. The molecule has 1 aromatic rings. The highest BCUT2D eigenvalue weighted by Gasteiger charge is 2.60. The summed E-state index contributed by atoms with van der Waals surface area (Å²) >= 11 is 1.68. The third-order valence-electron chi connectivity index (χ3n) is 3.89. The van der Waals surface area contributed by atoms with E-state index in [9.17, 15) is 9.59 Å². The van der Waals surface area contributed by atoms with E-state index in [1.165, 1.54) is 8.05 Å². The molecule has 0 aromatic carbocycles. The number of nitrogens with zero attached hydrogens (tertiary/aromatic N) is 3. The van der Waals surface area contributed by atoms with Crippen molar-refractivity contribution in [2.45, 2.75) is 43.0 Å². The smallest absolute Gasteiger partial charge is 0.326 e. The maximum atomic E-state index is 12.1. The number of thioether (sulfide) groups is 1. The molecule has 3 rings (SSSR count). The highest BCUT2D eigenvalue weighted by molar-refractivity contribution is 8.01. The van der Waals surface area contributed by atoms with Crippen LogP contribution in [0.1, 0.15) is 19.0 Å². The molecule has 6 nitrogen and oxygen atoms in total. The summed E-state index contributed by atoms with van der Waals surface area (Å²) in [6.07, 6.45) is 4.21. The van der Waals surface area contributed by atoms with Crippen molar-refractivity contribution in [1.29, 1.82) is 0 Å². The Morgan fingerprint density at radius 1 is 1.70 bits per heavy atom. The van der Waals surface area contributed by atoms with E-state index in [1.54, 1.807) is 23.0 Å². The number of imidazole rings is 1. The first-order chi connectivity index (χ1) is 9.44. The first kappa shape index (κ1) is 13.5. The quantitative estimate of drug-likeness (QED) is 0.566. The van der Waals surface area contributed by atoms with Gasteiger partial charge >= 0.3 is 14.0 Å². The molecule has 2 saturated heterocycles. The van der Waals surface area contributed by atoms with Gasteiger partial charge in [-0.2, -0.15) is 0 Å². The fourth-order valence-electron chi connectivity index (χ4n) is 3.00. The molecule has 0 N–H and O–H groups in total. The molecule has 1 amide bonds. The number of aromatic nitrogens is 2. The largest absolute Gasteiger partial charge is 0.542 e. The molecule has 2 aliphatic rings. The Hall–Kier alpha value is -1.44. The Balaban J connectivity index is 1.89. The Kier molecular flexibility index (Phi) is 3.08. The molecule has 0 radical (unpaired) electrons. The van der Waals surface area contributed by atoms with Gasteiger partial charge in [0.15, 0.2) is 0 Å². The van der Waals surface area contributed by atoms with Crippen LogP contribution in [0.3, 0.4) is 0 Å². The standard InChI is InChI=1S/C12H16BN3O3S/c1-7-4-15(6-14-7)5-12(2)10(11(18)19-13)16-8(17)3-9(16)20-12/h4,6,9-10H,3,5,13H2,1-2H3/t9?,10-,12-/m0/s1. The summed E-state index contributed by atoms with van der Waals surface area (Å²) in [5.74, 6) is -0.309.